The number of halogens is 3. The number of hydrogen-bond donors (Lipinski definition) is 1. The number of nitrogens with zero attached hydrogens (tertiary/aromatic N) is 1. The first-order valence-corrected chi connectivity index (χ1v) is 7.04. The summed E-state index contributed by atoms with van der Waals surface area (Å²) < 4.78 is 28.7. The Kier molecular flexibility index (Phi) is 5.18. The summed E-state index contributed by atoms with van der Waals surface area (Å²) in [7, 11) is 0. The molecule has 1 saturated heterocycles. The van der Waals surface area contributed by atoms with Gasteiger partial charge in [-0.15, -0.1) is 0 Å². The monoisotopic (exact) mass is 304 g/mol. The number of piperazine rings is 1. The second-order valence-corrected chi connectivity index (χ2v) is 5.64. The molecule has 3 nitrogen and oxygen atoms in total. The lowest BCUT2D eigenvalue weighted by atomic mass is 10.1. The number of alkyl halides is 2. The van der Waals surface area contributed by atoms with E-state index in [0.717, 1.165) is 25.2 Å². The van der Waals surface area contributed by atoms with Gasteiger partial charge in [0.2, 0.25) is 0 Å². The summed E-state index contributed by atoms with van der Waals surface area (Å²) in [6.07, 6.45) is 0. The first-order valence-electron chi connectivity index (χ1n) is 6.66. The minimum atomic E-state index is -2.85. The summed E-state index contributed by atoms with van der Waals surface area (Å²) in [6, 6.07) is 5.85. The molecule has 1 aliphatic rings. The average Bonchev–Trinajstić information content (AvgIpc) is 2.37. The Morgan fingerprint density at radius 2 is 2.20 bits per heavy atom. The van der Waals surface area contributed by atoms with E-state index in [2.05, 4.69) is 28.8 Å². The van der Waals surface area contributed by atoms with Crippen molar-refractivity contribution in [3.05, 3.63) is 28.8 Å². The average molecular weight is 305 g/mol. The van der Waals surface area contributed by atoms with Crippen LogP contribution in [0, 0.1) is 0 Å². The molecule has 2 unspecified atom stereocenters. The Bertz CT molecular complexity index is 459. The Hall–Kier alpha value is -0.910. The molecule has 1 aliphatic heterocycles. The molecular weight excluding hydrogens is 286 g/mol. The van der Waals surface area contributed by atoms with Crippen molar-refractivity contribution in [2.75, 3.05) is 13.1 Å². The topological polar surface area (TPSA) is 24.5 Å². The van der Waals surface area contributed by atoms with E-state index in [4.69, 9.17) is 11.6 Å². The molecule has 112 valence electrons. The normalized spacial score (nSPS) is 24.1. The molecule has 2 atom stereocenters. The van der Waals surface area contributed by atoms with E-state index in [9.17, 15) is 8.78 Å². The van der Waals surface area contributed by atoms with Crippen molar-refractivity contribution >= 4 is 11.6 Å². The van der Waals surface area contributed by atoms with Gasteiger partial charge in [-0.05, 0) is 31.5 Å². The molecule has 0 aromatic heterocycles. The molecule has 0 amide bonds. The van der Waals surface area contributed by atoms with E-state index in [-0.39, 0.29) is 10.8 Å². The van der Waals surface area contributed by atoms with Gasteiger partial charge in [0, 0.05) is 31.7 Å². The highest BCUT2D eigenvalue weighted by atomic mass is 35.5. The molecule has 20 heavy (non-hydrogen) atoms. The highest BCUT2D eigenvalue weighted by Crippen LogP contribution is 2.27. The lowest BCUT2D eigenvalue weighted by Crippen LogP contribution is -2.53. The lowest BCUT2D eigenvalue weighted by Gasteiger charge is -2.37. The smallest absolute Gasteiger partial charge is 0.387 e. The largest absolute Gasteiger partial charge is 0.433 e. The van der Waals surface area contributed by atoms with Crippen molar-refractivity contribution < 1.29 is 13.5 Å². The van der Waals surface area contributed by atoms with Crippen LogP contribution in [0.5, 0.6) is 5.75 Å². The van der Waals surface area contributed by atoms with E-state index in [1.807, 2.05) is 0 Å². The highest BCUT2D eigenvalue weighted by molar-refractivity contribution is 6.32. The van der Waals surface area contributed by atoms with E-state index < -0.39 is 6.61 Å². The van der Waals surface area contributed by atoms with Gasteiger partial charge >= 0.3 is 6.61 Å². The Morgan fingerprint density at radius 1 is 1.45 bits per heavy atom. The zero-order valence-electron chi connectivity index (χ0n) is 11.6. The van der Waals surface area contributed by atoms with Gasteiger partial charge < -0.3 is 10.1 Å². The minimum absolute atomic E-state index is 0.0205. The second-order valence-electron chi connectivity index (χ2n) is 5.23. The maximum Gasteiger partial charge on any atom is 0.387 e. The van der Waals surface area contributed by atoms with E-state index in [1.54, 1.807) is 12.1 Å². The summed E-state index contributed by atoms with van der Waals surface area (Å²) in [5, 5.41) is 3.64. The molecule has 0 saturated carbocycles. The summed E-state index contributed by atoms with van der Waals surface area (Å²) in [6.45, 7) is 4.10. The van der Waals surface area contributed by atoms with Crippen molar-refractivity contribution in [3.63, 3.8) is 0 Å². The van der Waals surface area contributed by atoms with E-state index in [0.29, 0.717) is 12.1 Å². The van der Waals surface area contributed by atoms with Crippen LogP contribution in [-0.4, -0.2) is 36.7 Å². The maximum atomic E-state index is 12.2. The molecule has 6 heteroatoms. The van der Waals surface area contributed by atoms with Crippen molar-refractivity contribution in [2.24, 2.45) is 0 Å². The second kappa shape index (κ2) is 6.70. The van der Waals surface area contributed by atoms with Crippen LogP contribution >= 0.6 is 11.6 Å². The summed E-state index contributed by atoms with van der Waals surface area (Å²) in [5.74, 6) is 0.0205. The molecule has 0 radical (unpaired) electrons. The first kappa shape index (κ1) is 15.5. The van der Waals surface area contributed by atoms with Crippen molar-refractivity contribution in [2.45, 2.75) is 39.1 Å². The predicted octanol–water partition coefficient (Wildman–Crippen LogP) is 3.12. The van der Waals surface area contributed by atoms with Crippen LogP contribution in [-0.2, 0) is 6.54 Å². The van der Waals surface area contributed by atoms with Crippen LogP contribution in [0.4, 0.5) is 8.78 Å². The van der Waals surface area contributed by atoms with Gasteiger partial charge in [0.15, 0.2) is 0 Å². The Labute approximate surface area is 122 Å². The van der Waals surface area contributed by atoms with Gasteiger partial charge in [-0.2, -0.15) is 8.78 Å². The standard InChI is InChI=1S/C14H19ClF2N2O/c1-9-7-19(10(2)6-18-9)8-11-3-4-13(12(15)5-11)20-14(16)17/h3-5,9-10,14,18H,6-8H2,1-2H3. The van der Waals surface area contributed by atoms with Crippen molar-refractivity contribution in [1.82, 2.24) is 10.2 Å². The zero-order chi connectivity index (χ0) is 14.7. The van der Waals surface area contributed by atoms with E-state index >= 15 is 0 Å². The molecule has 0 bridgehead atoms. The van der Waals surface area contributed by atoms with Gasteiger partial charge in [0.25, 0.3) is 0 Å². The lowest BCUT2D eigenvalue weighted by molar-refractivity contribution is -0.0498. The van der Waals surface area contributed by atoms with Gasteiger partial charge in [-0.1, -0.05) is 17.7 Å². The zero-order valence-corrected chi connectivity index (χ0v) is 12.3. The van der Waals surface area contributed by atoms with Gasteiger partial charge in [-0.3, -0.25) is 4.90 Å². The molecule has 1 aromatic carbocycles. The molecule has 1 fully saturated rings. The van der Waals surface area contributed by atoms with Crippen LogP contribution in [0.2, 0.25) is 5.02 Å². The fourth-order valence-corrected chi connectivity index (χ4v) is 2.63. The molecular formula is C14H19ClF2N2O. The van der Waals surface area contributed by atoms with Crippen LogP contribution < -0.4 is 10.1 Å². The fraction of sp³-hybridized carbons (Fsp3) is 0.571. The van der Waals surface area contributed by atoms with Gasteiger partial charge in [0.1, 0.15) is 5.75 Å². The predicted molar refractivity (Wildman–Crippen MR) is 75.4 cm³/mol. The quantitative estimate of drug-likeness (QED) is 0.925. The van der Waals surface area contributed by atoms with Crippen LogP contribution in [0.25, 0.3) is 0 Å². The minimum Gasteiger partial charge on any atom is -0.433 e. The molecule has 1 aromatic rings. The molecule has 2 rings (SSSR count). The van der Waals surface area contributed by atoms with Crippen LogP contribution in [0.15, 0.2) is 18.2 Å². The van der Waals surface area contributed by atoms with Crippen molar-refractivity contribution in [3.8, 4) is 5.75 Å². The van der Waals surface area contributed by atoms with Crippen LogP contribution in [0.3, 0.4) is 0 Å². The van der Waals surface area contributed by atoms with Gasteiger partial charge in [-0.25, -0.2) is 0 Å². The molecule has 0 spiro atoms. The molecule has 1 N–H and O–H groups in total. The Balaban J connectivity index is 2.04. The number of hydrogen-bond acceptors (Lipinski definition) is 3. The number of nitrogens with one attached hydrogen (secondary N) is 1. The first-order chi connectivity index (χ1) is 9.45. The summed E-state index contributed by atoms with van der Waals surface area (Å²) in [4.78, 5) is 2.35. The van der Waals surface area contributed by atoms with Crippen molar-refractivity contribution in [1.29, 1.82) is 0 Å². The third-order valence-electron chi connectivity index (χ3n) is 3.49. The summed E-state index contributed by atoms with van der Waals surface area (Å²) in [5.41, 5.74) is 0.998. The number of rotatable bonds is 4. The molecule has 1 heterocycles. The number of benzene rings is 1. The van der Waals surface area contributed by atoms with Crippen LogP contribution in [0.1, 0.15) is 19.4 Å². The third kappa shape index (κ3) is 4.04. The highest BCUT2D eigenvalue weighted by Gasteiger charge is 2.22. The number of ether oxygens (including phenoxy) is 1. The van der Waals surface area contributed by atoms with E-state index in [1.165, 1.54) is 6.07 Å². The van der Waals surface area contributed by atoms with Gasteiger partial charge in [0.05, 0.1) is 5.02 Å². The summed E-state index contributed by atoms with van der Waals surface area (Å²) >= 11 is 5.97. The molecule has 0 aliphatic carbocycles. The fourth-order valence-electron chi connectivity index (χ4n) is 2.39. The SMILES string of the molecule is CC1CN(Cc2ccc(OC(F)F)c(Cl)c2)C(C)CN1. The maximum absolute atomic E-state index is 12.2. The third-order valence-corrected chi connectivity index (χ3v) is 3.79. The Morgan fingerprint density at radius 3 is 2.85 bits per heavy atom.